The summed E-state index contributed by atoms with van der Waals surface area (Å²) < 4.78 is 37.4. The number of morpholine rings is 1. The van der Waals surface area contributed by atoms with Crippen LogP contribution in [0.25, 0.3) is 22.2 Å². The monoisotopic (exact) mass is 593 g/mol. The lowest BCUT2D eigenvalue weighted by atomic mass is 9.85. The summed E-state index contributed by atoms with van der Waals surface area (Å²) in [5.74, 6) is 0.817. The van der Waals surface area contributed by atoms with E-state index in [4.69, 9.17) is 14.3 Å². The number of benzene rings is 2. The van der Waals surface area contributed by atoms with E-state index in [1.165, 1.54) is 18.4 Å². The number of aromatic nitrogens is 1. The molecule has 1 aromatic heterocycles. The number of nitrogens with zero attached hydrogens (tertiary/aromatic N) is 2. The molecule has 1 N–H and O–H groups in total. The first-order valence-electron chi connectivity index (χ1n) is 14.8. The minimum absolute atomic E-state index is 0.0189. The summed E-state index contributed by atoms with van der Waals surface area (Å²) in [6.45, 7) is 4.09. The Morgan fingerprint density at radius 1 is 1.00 bits per heavy atom. The number of amides is 1. The van der Waals surface area contributed by atoms with Crippen molar-refractivity contribution in [3.8, 4) is 11.3 Å². The van der Waals surface area contributed by atoms with Crippen molar-refractivity contribution >= 4 is 33.0 Å². The van der Waals surface area contributed by atoms with Gasteiger partial charge < -0.3 is 14.2 Å². The quantitative estimate of drug-likeness (QED) is 0.437. The van der Waals surface area contributed by atoms with E-state index in [1.807, 2.05) is 13.1 Å². The Balaban J connectivity index is 0.00000113. The van der Waals surface area contributed by atoms with Crippen LogP contribution in [0.1, 0.15) is 51.0 Å². The average molecular weight is 594 g/mol. The van der Waals surface area contributed by atoms with Crippen LogP contribution in [0.15, 0.2) is 53.4 Å². The van der Waals surface area contributed by atoms with Gasteiger partial charge in [0.25, 0.3) is 0 Å². The van der Waals surface area contributed by atoms with Gasteiger partial charge in [0.05, 0.1) is 24.2 Å². The SMILES string of the molecule is CCc1ccc(-c2cc3ccc(S(=O)(=O)NC4CCC(C(=O)N5CCOC[C@@H]5C5CC5)CC4)cc3n2C)cc1.O=C=O. The van der Waals surface area contributed by atoms with Gasteiger partial charge >= 0.3 is 6.15 Å². The third-order valence-corrected chi connectivity index (χ3v) is 10.5. The van der Waals surface area contributed by atoms with E-state index in [1.54, 1.807) is 12.1 Å². The number of carbonyl (C=O) groups excluding carboxylic acids is 3. The molecule has 1 amide bonds. The van der Waals surface area contributed by atoms with Crippen LogP contribution < -0.4 is 4.72 Å². The number of aryl methyl sites for hydroxylation is 2. The van der Waals surface area contributed by atoms with Gasteiger partial charge in [0.2, 0.25) is 15.9 Å². The van der Waals surface area contributed by atoms with Crippen LogP contribution in [-0.2, 0) is 42.6 Å². The molecule has 6 rings (SSSR count). The summed E-state index contributed by atoms with van der Waals surface area (Å²) in [5.41, 5.74) is 4.35. The molecule has 2 aliphatic carbocycles. The average Bonchev–Trinajstić information content (AvgIpc) is 3.80. The molecule has 2 aromatic carbocycles. The summed E-state index contributed by atoms with van der Waals surface area (Å²) in [6, 6.07) is 16.1. The fourth-order valence-electron chi connectivity index (χ4n) is 6.41. The molecule has 10 heteroatoms. The summed E-state index contributed by atoms with van der Waals surface area (Å²) in [6.07, 6.45) is 6.42. The van der Waals surface area contributed by atoms with Crippen LogP contribution in [-0.4, -0.2) is 61.8 Å². The van der Waals surface area contributed by atoms with Crippen LogP contribution in [0.2, 0.25) is 0 Å². The highest BCUT2D eigenvalue weighted by molar-refractivity contribution is 7.89. The highest BCUT2D eigenvalue weighted by atomic mass is 32.2. The summed E-state index contributed by atoms with van der Waals surface area (Å²) >= 11 is 0. The van der Waals surface area contributed by atoms with Crippen LogP contribution in [0.3, 0.4) is 0 Å². The summed E-state index contributed by atoms with van der Waals surface area (Å²) in [5, 5.41) is 1.01. The van der Waals surface area contributed by atoms with Gasteiger partial charge in [-0.25, -0.2) is 13.1 Å². The Bertz CT molecular complexity index is 1550. The Morgan fingerprint density at radius 3 is 2.33 bits per heavy atom. The van der Waals surface area contributed by atoms with Crippen LogP contribution in [0.5, 0.6) is 0 Å². The summed E-state index contributed by atoms with van der Waals surface area (Å²) in [7, 11) is -1.70. The third kappa shape index (κ3) is 6.52. The largest absolute Gasteiger partial charge is 0.377 e. The first kappa shape index (κ1) is 30.2. The van der Waals surface area contributed by atoms with Crippen molar-refractivity contribution < 1.29 is 27.5 Å². The number of nitrogens with one attached hydrogen (secondary N) is 1. The molecule has 1 saturated heterocycles. The second-order valence-electron chi connectivity index (χ2n) is 11.6. The standard InChI is InChI=1S/C31H39N3O4S.CO2/c1-3-21-4-6-22(7-5-21)28-18-25-12-15-27(19-29(25)33(28)2)39(36,37)32-26-13-10-24(11-14-26)31(35)34-16-17-38-20-30(34)23-8-9-23;2-1-3/h4-7,12,15,18-19,23-24,26,30,32H,3,8-11,13-14,16-17,20H2,1-2H3;/t24?,26?,30-;/m1./s1. The zero-order chi connectivity index (χ0) is 29.9. The fourth-order valence-corrected chi connectivity index (χ4v) is 7.74. The molecule has 2 saturated carbocycles. The molecule has 3 aliphatic rings. The molecular weight excluding hydrogens is 554 g/mol. The van der Waals surface area contributed by atoms with Gasteiger partial charge in [-0.2, -0.15) is 9.59 Å². The van der Waals surface area contributed by atoms with Crippen molar-refractivity contribution in [2.75, 3.05) is 19.8 Å². The lowest BCUT2D eigenvalue weighted by Gasteiger charge is -2.39. The maximum Gasteiger partial charge on any atom is 0.373 e. The number of rotatable bonds is 7. The maximum absolute atomic E-state index is 13.4. The van der Waals surface area contributed by atoms with Crippen molar-refractivity contribution in [3.63, 3.8) is 0 Å². The van der Waals surface area contributed by atoms with Crippen molar-refractivity contribution in [2.45, 2.75) is 68.8 Å². The van der Waals surface area contributed by atoms with E-state index in [0.29, 0.717) is 38.5 Å². The third-order valence-electron chi connectivity index (χ3n) is 9.00. The molecule has 3 aromatic rings. The van der Waals surface area contributed by atoms with Gasteiger partial charge in [-0.1, -0.05) is 37.3 Å². The van der Waals surface area contributed by atoms with Gasteiger partial charge in [0.15, 0.2) is 0 Å². The molecule has 1 atom stereocenters. The molecular formula is C32H39N3O6S. The van der Waals surface area contributed by atoms with E-state index in [-0.39, 0.29) is 35.0 Å². The highest BCUT2D eigenvalue weighted by Gasteiger charge is 2.41. The predicted octanol–water partition coefficient (Wildman–Crippen LogP) is 4.30. The van der Waals surface area contributed by atoms with E-state index in [0.717, 1.165) is 41.4 Å². The first-order chi connectivity index (χ1) is 20.2. The molecule has 42 heavy (non-hydrogen) atoms. The Labute approximate surface area is 247 Å². The van der Waals surface area contributed by atoms with Crippen molar-refractivity contribution in [1.29, 1.82) is 0 Å². The number of hydrogen-bond acceptors (Lipinski definition) is 6. The topological polar surface area (TPSA) is 115 Å². The zero-order valence-electron chi connectivity index (χ0n) is 24.3. The lowest BCUT2D eigenvalue weighted by molar-refractivity contribution is -0.191. The smallest absolute Gasteiger partial charge is 0.373 e. The van der Waals surface area contributed by atoms with Gasteiger partial charge in [-0.15, -0.1) is 0 Å². The second kappa shape index (κ2) is 12.9. The zero-order valence-corrected chi connectivity index (χ0v) is 25.1. The van der Waals surface area contributed by atoms with Crippen LogP contribution in [0.4, 0.5) is 0 Å². The molecule has 0 spiro atoms. The normalized spacial score (nSPS) is 22.7. The highest BCUT2D eigenvalue weighted by Crippen LogP contribution is 2.38. The van der Waals surface area contributed by atoms with E-state index >= 15 is 0 Å². The Kier molecular flexibility index (Phi) is 9.28. The second-order valence-corrected chi connectivity index (χ2v) is 13.3. The molecule has 0 unspecified atom stereocenters. The minimum Gasteiger partial charge on any atom is -0.377 e. The van der Waals surface area contributed by atoms with Crippen molar-refractivity contribution in [1.82, 2.24) is 14.2 Å². The van der Waals surface area contributed by atoms with Crippen LogP contribution >= 0.6 is 0 Å². The number of fused-ring (bicyclic) bond motifs is 1. The molecule has 1 aliphatic heterocycles. The first-order valence-corrected chi connectivity index (χ1v) is 16.3. The van der Waals surface area contributed by atoms with Gasteiger partial charge in [-0.05, 0) is 80.2 Å². The van der Waals surface area contributed by atoms with Crippen molar-refractivity contribution in [3.05, 3.63) is 54.1 Å². The van der Waals surface area contributed by atoms with E-state index in [9.17, 15) is 13.2 Å². The number of carbonyl (C=O) groups is 1. The molecule has 0 bridgehead atoms. The van der Waals surface area contributed by atoms with E-state index < -0.39 is 10.0 Å². The van der Waals surface area contributed by atoms with E-state index in [2.05, 4.69) is 51.4 Å². The Morgan fingerprint density at radius 2 is 1.69 bits per heavy atom. The van der Waals surface area contributed by atoms with Gasteiger partial charge in [0, 0.05) is 42.1 Å². The van der Waals surface area contributed by atoms with Crippen molar-refractivity contribution in [2.24, 2.45) is 18.9 Å². The van der Waals surface area contributed by atoms with Gasteiger partial charge in [-0.3, -0.25) is 4.79 Å². The predicted molar refractivity (Wildman–Crippen MR) is 158 cm³/mol. The lowest BCUT2D eigenvalue weighted by Crippen LogP contribution is -2.52. The molecule has 224 valence electrons. The molecule has 9 nitrogen and oxygen atoms in total. The summed E-state index contributed by atoms with van der Waals surface area (Å²) in [4.78, 5) is 31.9. The molecule has 3 fully saturated rings. The Hall–Kier alpha value is -3.30. The maximum atomic E-state index is 13.4. The number of ether oxygens (including phenoxy) is 1. The van der Waals surface area contributed by atoms with Crippen LogP contribution in [0, 0.1) is 11.8 Å². The van der Waals surface area contributed by atoms with Gasteiger partial charge in [0.1, 0.15) is 0 Å². The number of sulfonamides is 1. The molecule has 2 heterocycles. The minimum atomic E-state index is -3.68. The number of hydrogen-bond donors (Lipinski definition) is 1. The fraction of sp³-hybridized carbons (Fsp3) is 0.500. The molecule has 0 radical (unpaired) electrons.